The lowest BCUT2D eigenvalue weighted by Crippen LogP contribution is -2.36. The van der Waals surface area contributed by atoms with E-state index in [4.69, 9.17) is 0 Å². The molecule has 0 fully saturated rings. The van der Waals surface area contributed by atoms with Crippen molar-refractivity contribution < 1.29 is 5.11 Å². The molecule has 2 rings (SSSR count). The van der Waals surface area contributed by atoms with Gasteiger partial charge in [-0.25, -0.2) is 0 Å². The van der Waals surface area contributed by atoms with Gasteiger partial charge in [0.2, 0.25) is 0 Å². The van der Waals surface area contributed by atoms with E-state index >= 15 is 0 Å². The van der Waals surface area contributed by atoms with Crippen LogP contribution in [-0.4, -0.2) is 33.0 Å². The molecule has 0 spiro atoms. The zero-order valence-electron chi connectivity index (χ0n) is 11.4. The second-order valence-corrected chi connectivity index (χ2v) is 4.92. The molecule has 102 valence electrons. The van der Waals surface area contributed by atoms with Gasteiger partial charge in [-0.2, -0.15) is 0 Å². The van der Waals surface area contributed by atoms with Crippen molar-refractivity contribution in [1.29, 1.82) is 0 Å². The van der Waals surface area contributed by atoms with Crippen LogP contribution in [0.2, 0.25) is 0 Å². The van der Waals surface area contributed by atoms with Gasteiger partial charge in [-0.1, -0.05) is 30.3 Å². The quantitative estimate of drug-likeness (QED) is 0.756. The Kier molecular flexibility index (Phi) is 4.29. The van der Waals surface area contributed by atoms with Crippen LogP contribution in [0.3, 0.4) is 0 Å². The Bertz CT molecular complexity index is 507. The third-order valence-electron chi connectivity index (χ3n) is 3.20. The van der Waals surface area contributed by atoms with E-state index in [9.17, 15) is 5.11 Å². The Labute approximate surface area is 113 Å². The highest BCUT2D eigenvalue weighted by Crippen LogP contribution is 2.18. The van der Waals surface area contributed by atoms with E-state index in [1.807, 2.05) is 48.9 Å². The minimum atomic E-state index is -0.860. The Morgan fingerprint density at radius 2 is 2.05 bits per heavy atom. The van der Waals surface area contributed by atoms with Gasteiger partial charge in [0.1, 0.15) is 12.2 Å². The molecule has 0 aliphatic heterocycles. The Hall–Kier alpha value is -1.72. The monoisotopic (exact) mass is 260 g/mol. The molecule has 1 aromatic heterocycles. The van der Waals surface area contributed by atoms with Crippen LogP contribution in [0.25, 0.3) is 0 Å². The fraction of sp³-hybridized carbons (Fsp3) is 0.429. The first-order valence-corrected chi connectivity index (χ1v) is 6.41. The van der Waals surface area contributed by atoms with Gasteiger partial charge < -0.3 is 15.0 Å². The van der Waals surface area contributed by atoms with Gasteiger partial charge in [-0.3, -0.25) is 0 Å². The van der Waals surface area contributed by atoms with Crippen LogP contribution in [0.4, 0.5) is 0 Å². The van der Waals surface area contributed by atoms with E-state index in [-0.39, 0.29) is 0 Å². The predicted molar refractivity (Wildman–Crippen MR) is 73.6 cm³/mol. The minimum absolute atomic E-state index is 0.509. The molecule has 0 amide bonds. The maximum Gasteiger partial charge on any atom is 0.133 e. The fourth-order valence-electron chi connectivity index (χ4n) is 1.96. The molecule has 0 aliphatic carbocycles. The number of aryl methyl sites for hydroxylation is 1. The van der Waals surface area contributed by atoms with Crippen molar-refractivity contribution in [3.05, 3.63) is 48.0 Å². The molecule has 0 aliphatic rings. The van der Waals surface area contributed by atoms with E-state index in [0.717, 1.165) is 24.4 Å². The zero-order valence-corrected chi connectivity index (χ0v) is 11.4. The highest BCUT2D eigenvalue weighted by atomic mass is 16.3. The number of hydrogen-bond donors (Lipinski definition) is 2. The van der Waals surface area contributed by atoms with E-state index < -0.39 is 5.60 Å². The van der Waals surface area contributed by atoms with Crippen molar-refractivity contribution in [1.82, 2.24) is 20.1 Å². The second kappa shape index (κ2) is 5.95. The summed E-state index contributed by atoms with van der Waals surface area (Å²) in [5.74, 6) is 0.937. The Morgan fingerprint density at radius 3 is 2.68 bits per heavy atom. The van der Waals surface area contributed by atoms with E-state index in [2.05, 4.69) is 15.5 Å². The second-order valence-electron chi connectivity index (χ2n) is 4.92. The fourth-order valence-corrected chi connectivity index (χ4v) is 1.96. The van der Waals surface area contributed by atoms with Crippen molar-refractivity contribution in [2.45, 2.75) is 18.9 Å². The first-order valence-electron chi connectivity index (χ1n) is 6.41. The van der Waals surface area contributed by atoms with Crippen molar-refractivity contribution >= 4 is 0 Å². The summed E-state index contributed by atoms with van der Waals surface area (Å²) in [6.45, 7) is 3.09. The predicted octanol–water partition coefficient (Wildman–Crippen LogP) is 0.855. The smallest absolute Gasteiger partial charge is 0.133 e. The van der Waals surface area contributed by atoms with Crippen LogP contribution in [0.1, 0.15) is 18.3 Å². The molecule has 1 heterocycles. The third kappa shape index (κ3) is 3.62. The number of rotatable bonds is 6. The van der Waals surface area contributed by atoms with E-state index in [0.29, 0.717) is 6.54 Å². The van der Waals surface area contributed by atoms with Crippen molar-refractivity contribution in [2.75, 3.05) is 13.1 Å². The van der Waals surface area contributed by atoms with Crippen molar-refractivity contribution in [2.24, 2.45) is 7.05 Å². The summed E-state index contributed by atoms with van der Waals surface area (Å²) in [7, 11) is 1.93. The summed E-state index contributed by atoms with van der Waals surface area (Å²) >= 11 is 0. The highest BCUT2D eigenvalue weighted by Gasteiger charge is 2.21. The number of aromatic nitrogens is 3. The van der Waals surface area contributed by atoms with Gasteiger partial charge in [0.05, 0.1) is 5.60 Å². The van der Waals surface area contributed by atoms with Crippen molar-refractivity contribution in [3.63, 3.8) is 0 Å². The van der Waals surface area contributed by atoms with Gasteiger partial charge in [0.15, 0.2) is 0 Å². The largest absolute Gasteiger partial charge is 0.384 e. The zero-order chi connectivity index (χ0) is 13.7. The average Bonchev–Trinajstić information content (AvgIpc) is 2.81. The summed E-state index contributed by atoms with van der Waals surface area (Å²) in [6, 6.07) is 9.68. The number of hydrogen-bond acceptors (Lipinski definition) is 4. The Balaban J connectivity index is 1.81. The molecular formula is C14H20N4O. The molecule has 2 N–H and O–H groups in total. The lowest BCUT2D eigenvalue weighted by Gasteiger charge is -2.24. The lowest BCUT2D eigenvalue weighted by molar-refractivity contribution is 0.0572. The number of benzene rings is 1. The molecule has 0 radical (unpaired) electrons. The van der Waals surface area contributed by atoms with Crippen molar-refractivity contribution in [3.8, 4) is 0 Å². The van der Waals surface area contributed by atoms with Crippen LogP contribution >= 0.6 is 0 Å². The third-order valence-corrected chi connectivity index (χ3v) is 3.20. The van der Waals surface area contributed by atoms with Gasteiger partial charge in [0.25, 0.3) is 0 Å². The van der Waals surface area contributed by atoms with Crippen LogP contribution < -0.4 is 5.32 Å². The molecule has 5 heteroatoms. The maximum absolute atomic E-state index is 10.4. The number of aliphatic hydroxyl groups is 1. The minimum Gasteiger partial charge on any atom is -0.384 e. The number of nitrogens with zero attached hydrogens (tertiary/aromatic N) is 3. The summed E-state index contributed by atoms with van der Waals surface area (Å²) in [5, 5.41) is 21.5. The maximum atomic E-state index is 10.4. The first-order chi connectivity index (χ1) is 9.09. The normalized spacial score (nSPS) is 14.3. The Morgan fingerprint density at radius 1 is 1.32 bits per heavy atom. The van der Waals surface area contributed by atoms with Gasteiger partial charge in [0, 0.05) is 26.6 Å². The van der Waals surface area contributed by atoms with Gasteiger partial charge in [-0.05, 0) is 12.5 Å². The molecule has 1 atom stereocenters. The van der Waals surface area contributed by atoms with E-state index in [1.165, 1.54) is 0 Å². The molecular weight excluding hydrogens is 240 g/mol. The van der Waals surface area contributed by atoms with Crippen LogP contribution in [0.5, 0.6) is 0 Å². The summed E-state index contributed by atoms with van der Waals surface area (Å²) in [6.07, 6.45) is 2.48. The molecule has 5 nitrogen and oxygen atoms in total. The lowest BCUT2D eigenvalue weighted by atomic mass is 9.96. The van der Waals surface area contributed by atoms with E-state index in [1.54, 1.807) is 6.33 Å². The average molecular weight is 260 g/mol. The topological polar surface area (TPSA) is 63.0 Å². The molecule has 2 aromatic rings. The van der Waals surface area contributed by atoms with Crippen LogP contribution in [-0.2, 0) is 19.1 Å². The van der Waals surface area contributed by atoms with Crippen LogP contribution in [0, 0.1) is 0 Å². The molecule has 19 heavy (non-hydrogen) atoms. The highest BCUT2D eigenvalue weighted by molar-refractivity contribution is 5.21. The van der Waals surface area contributed by atoms with Gasteiger partial charge >= 0.3 is 0 Å². The molecule has 1 aromatic carbocycles. The first kappa shape index (κ1) is 13.7. The van der Waals surface area contributed by atoms with Crippen LogP contribution in [0.15, 0.2) is 36.7 Å². The number of nitrogens with one attached hydrogen (secondary N) is 1. The SMILES string of the molecule is Cn1cnnc1CCNCC(C)(O)c1ccccc1. The molecule has 1 unspecified atom stereocenters. The van der Waals surface area contributed by atoms with Gasteiger partial charge in [-0.15, -0.1) is 10.2 Å². The summed E-state index contributed by atoms with van der Waals surface area (Å²) in [4.78, 5) is 0. The molecule has 0 bridgehead atoms. The summed E-state index contributed by atoms with van der Waals surface area (Å²) in [5.41, 5.74) is 0.0578. The molecule has 0 saturated heterocycles. The standard InChI is InChI=1S/C14H20N4O/c1-14(19,12-6-4-3-5-7-12)10-15-9-8-13-17-16-11-18(13)2/h3-7,11,15,19H,8-10H2,1-2H3. The molecule has 0 saturated carbocycles. The summed E-state index contributed by atoms with van der Waals surface area (Å²) < 4.78 is 1.90.